The van der Waals surface area contributed by atoms with Gasteiger partial charge in [0.25, 0.3) is 0 Å². The molecule has 1 aliphatic carbocycles. The fourth-order valence-electron chi connectivity index (χ4n) is 1.20. The number of hydrogen-bond donors (Lipinski definition) is 1. The number of esters is 1. The SMILES string of the molecule is CSCC[C@@H](N)C(=O)OCCC1CC1. The van der Waals surface area contributed by atoms with Gasteiger partial charge in [0.15, 0.2) is 0 Å². The molecule has 0 heterocycles. The zero-order valence-electron chi connectivity index (χ0n) is 8.70. The first-order chi connectivity index (χ1) is 6.74. The number of nitrogens with two attached hydrogens (primary N) is 1. The van der Waals surface area contributed by atoms with E-state index in [0.717, 1.165) is 18.1 Å². The van der Waals surface area contributed by atoms with Gasteiger partial charge in [-0.15, -0.1) is 0 Å². The summed E-state index contributed by atoms with van der Waals surface area (Å²) in [5.41, 5.74) is 5.65. The molecule has 14 heavy (non-hydrogen) atoms. The Balaban J connectivity index is 2.00. The molecular weight excluding hydrogens is 198 g/mol. The Morgan fingerprint density at radius 3 is 2.93 bits per heavy atom. The van der Waals surface area contributed by atoms with Crippen molar-refractivity contribution in [2.75, 3.05) is 18.6 Å². The lowest BCUT2D eigenvalue weighted by Crippen LogP contribution is -2.33. The van der Waals surface area contributed by atoms with Gasteiger partial charge in [-0.1, -0.05) is 12.8 Å². The molecule has 0 bridgehead atoms. The molecule has 1 rings (SSSR count). The number of hydrogen-bond acceptors (Lipinski definition) is 4. The van der Waals surface area contributed by atoms with Gasteiger partial charge in [0.05, 0.1) is 6.61 Å². The van der Waals surface area contributed by atoms with Crippen LogP contribution in [0, 0.1) is 5.92 Å². The van der Waals surface area contributed by atoms with E-state index in [0.29, 0.717) is 13.0 Å². The highest BCUT2D eigenvalue weighted by Gasteiger charge is 2.22. The Morgan fingerprint density at radius 1 is 1.64 bits per heavy atom. The summed E-state index contributed by atoms with van der Waals surface area (Å²) in [5.74, 6) is 1.49. The zero-order chi connectivity index (χ0) is 10.4. The van der Waals surface area contributed by atoms with Crippen LogP contribution in [0.4, 0.5) is 0 Å². The molecule has 0 aromatic carbocycles. The summed E-state index contributed by atoms with van der Waals surface area (Å²) >= 11 is 1.70. The lowest BCUT2D eigenvalue weighted by atomic mass is 10.2. The Bertz CT molecular complexity index is 183. The van der Waals surface area contributed by atoms with Crippen LogP contribution in [0.3, 0.4) is 0 Å². The van der Waals surface area contributed by atoms with Crippen molar-refractivity contribution in [2.24, 2.45) is 11.7 Å². The van der Waals surface area contributed by atoms with Gasteiger partial charge >= 0.3 is 5.97 Å². The number of ether oxygens (including phenoxy) is 1. The molecule has 3 nitrogen and oxygen atoms in total. The maximum atomic E-state index is 11.3. The van der Waals surface area contributed by atoms with Crippen LogP contribution in [-0.4, -0.2) is 30.6 Å². The molecule has 0 unspecified atom stereocenters. The molecule has 2 N–H and O–H groups in total. The maximum Gasteiger partial charge on any atom is 0.322 e. The molecule has 0 saturated heterocycles. The number of carbonyl (C=O) groups is 1. The molecule has 0 amide bonds. The number of carbonyl (C=O) groups excluding carboxylic acids is 1. The Hall–Kier alpha value is -0.220. The van der Waals surface area contributed by atoms with E-state index in [2.05, 4.69) is 0 Å². The van der Waals surface area contributed by atoms with Crippen LogP contribution >= 0.6 is 11.8 Å². The monoisotopic (exact) mass is 217 g/mol. The average molecular weight is 217 g/mol. The first kappa shape index (κ1) is 11.9. The third-order valence-corrected chi connectivity index (χ3v) is 3.05. The zero-order valence-corrected chi connectivity index (χ0v) is 9.52. The third-order valence-electron chi connectivity index (χ3n) is 2.40. The van der Waals surface area contributed by atoms with E-state index >= 15 is 0 Å². The van der Waals surface area contributed by atoms with E-state index in [4.69, 9.17) is 10.5 Å². The second-order valence-corrected chi connectivity index (χ2v) is 4.77. The summed E-state index contributed by atoms with van der Waals surface area (Å²) in [5, 5.41) is 0. The van der Waals surface area contributed by atoms with Gasteiger partial charge in [-0.2, -0.15) is 11.8 Å². The molecule has 4 heteroatoms. The Kier molecular flexibility index (Phi) is 5.33. The van der Waals surface area contributed by atoms with E-state index in [1.807, 2.05) is 6.26 Å². The average Bonchev–Trinajstić information content (AvgIpc) is 2.97. The van der Waals surface area contributed by atoms with E-state index in [1.165, 1.54) is 12.8 Å². The van der Waals surface area contributed by atoms with Gasteiger partial charge < -0.3 is 10.5 Å². The molecule has 0 spiro atoms. The van der Waals surface area contributed by atoms with Gasteiger partial charge in [0.2, 0.25) is 0 Å². The van der Waals surface area contributed by atoms with Crippen molar-refractivity contribution >= 4 is 17.7 Å². The third kappa shape index (κ3) is 4.86. The first-order valence-corrected chi connectivity index (χ1v) is 6.54. The van der Waals surface area contributed by atoms with Crippen LogP contribution < -0.4 is 5.73 Å². The van der Waals surface area contributed by atoms with Crippen molar-refractivity contribution in [1.29, 1.82) is 0 Å². The molecule has 0 radical (unpaired) electrons. The second-order valence-electron chi connectivity index (χ2n) is 3.79. The van der Waals surface area contributed by atoms with E-state index in [-0.39, 0.29) is 5.97 Å². The summed E-state index contributed by atoms with van der Waals surface area (Å²) in [6, 6.07) is -0.429. The van der Waals surface area contributed by atoms with Crippen LogP contribution in [0.25, 0.3) is 0 Å². The molecule has 1 atom stereocenters. The van der Waals surface area contributed by atoms with Crippen molar-refractivity contribution in [2.45, 2.75) is 31.7 Å². The molecule has 1 fully saturated rings. The highest BCUT2D eigenvalue weighted by molar-refractivity contribution is 7.98. The highest BCUT2D eigenvalue weighted by atomic mass is 32.2. The van der Waals surface area contributed by atoms with Crippen molar-refractivity contribution in [3.8, 4) is 0 Å². The Morgan fingerprint density at radius 2 is 2.36 bits per heavy atom. The van der Waals surface area contributed by atoms with Crippen LogP contribution in [0.1, 0.15) is 25.7 Å². The lowest BCUT2D eigenvalue weighted by molar-refractivity contribution is -0.145. The molecule has 82 valence electrons. The largest absolute Gasteiger partial charge is 0.465 e. The number of thioether (sulfide) groups is 1. The van der Waals surface area contributed by atoms with Gasteiger partial charge in [-0.3, -0.25) is 4.79 Å². The van der Waals surface area contributed by atoms with Crippen molar-refractivity contribution in [1.82, 2.24) is 0 Å². The fourth-order valence-corrected chi connectivity index (χ4v) is 1.69. The van der Waals surface area contributed by atoms with Crippen molar-refractivity contribution in [3.05, 3.63) is 0 Å². The van der Waals surface area contributed by atoms with Gasteiger partial charge in [-0.05, 0) is 30.8 Å². The fraction of sp³-hybridized carbons (Fsp3) is 0.900. The molecule has 0 aliphatic heterocycles. The molecule has 0 aromatic heterocycles. The highest BCUT2D eigenvalue weighted by Crippen LogP contribution is 2.32. The van der Waals surface area contributed by atoms with Gasteiger partial charge in [-0.25, -0.2) is 0 Å². The second kappa shape index (κ2) is 6.30. The summed E-state index contributed by atoms with van der Waals surface area (Å²) in [4.78, 5) is 11.3. The minimum atomic E-state index is -0.429. The topological polar surface area (TPSA) is 52.3 Å². The van der Waals surface area contributed by atoms with Crippen LogP contribution in [-0.2, 0) is 9.53 Å². The standard InChI is InChI=1S/C10H19NO2S/c1-14-7-5-9(11)10(12)13-6-4-8-2-3-8/h8-9H,2-7,11H2,1H3/t9-/m1/s1. The number of rotatable bonds is 7. The molecular formula is C10H19NO2S. The van der Waals surface area contributed by atoms with Crippen LogP contribution in [0.15, 0.2) is 0 Å². The quantitative estimate of drug-likeness (QED) is 0.655. The lowest BCUT2D eigenvalue weighted by Gasteiger charge is -2.10. The summed E-state index contributed by atoms with van der Waals surface area (Å²) < 4.78 is 5.08. The van der Waals surface area contributed by atoms with Crippen LogP contribution in [0.5, 0.6) is 0 Å². The van der Waals surface area contributed by atoms with E-state index in [9.17, 15) is 4.79 Å². The first-order valence-electron chi connectivity index (χ1n) is 5.15. The Labute approximate surface area is 89.8 Å². The van der Waals surface area contributed by atoms with Gasteiger partial charge in [0.1, 0.15) is 6.04 Å². The molecule has 1 saturated carbocycles. The van der Waals surface area contributed by atoms with E-state index < -0.39 is 6.04 Å². The summed E-state index contributed by atoms with van der Waals surface area (Å²) in [7, 11) is 0. The summed E-state index contributed by atoms with van der Waals surface area (Å²) in [6.45, 7) is 0.552. The van der Waals surface area contributed by atoms with Crippen LogP contribution in [0.2, 0.25) is 0 Å². The van der Waals surface area contributed by atoms with Crippen molar-refractivity contribution < 1.29 is 9.53 Å². The normalized spacial score (nSPS) is 17.9. The smallest absolute Gasteiger partial charge is 0.322 e. The molecule has 1 aliphatic rings. The minimum absolute atomic E-state index is 0.236. The van der Waals surface area contributed by atoms with E-state index in [1.54, 1.807) is 11.8 Å². The minimum Gasteiger partial charge on any atom is -0.465 e. The van der Waals surface area contributed by atoms with Gasteiger partial charge in [0, 0.05) is 0 Å². The summed E-state index contributed by atoms with van der Waals surface area (Å²) in [6.07, 6.45) is 6.34. The molecule has 0 aromatic rings. The van der Waals surface area contributed by atoms with Crippen molar-refractivity contribution in [3.63, 3.8) is 0 Å². The predicted molar refractivity (Wildman–Crippen MR) is 59.3 cm³/mol. The predicted octanol–water partition coefficient (Wildman–Crippen LogP) is 1.41. The maximum absolute atomic E-state index is 11.3.